The van der Waals surface area contributed by atoms with Crippen LogP contribution in [0, 0.1) is 0 Å². The summed E-state index contributed by atoms with van der Waals surface area (Å²) >= 11 is 13.5. The average molecular weight is 656 g/mol. The molecule has 0 saturated heterocycles. The van der Waals surface area contributed by atoms with E-state index < -0.39 is 12.1 Å². The van der Waals surface area contributed by atoms with E-state index in [4.69, 9.17) is 26.1 Å². The number of halogens is 3. The van der Waals surface area contributed by atoms with Crippen molar-refractivity contribution in [2.45, 2.75) is 58.0 Å². The maximum absolute atomic E-state index is 13.6. The monoisotopic (exact) mass is 653 g/mol. The number of rotatable bonds is 8. The van der Waals surface area contributed by atoms with Crippen LogP contribution in [0.2, 0.25) is 5.02 Å². The Labute approximate surface area is 235 Å². The third-order valence-electron chi connectivity index (χ3n) is 6.21. The Hall–Kier alpha value is -2.43. The van der Waals surface area contributed by atoms with Crippen LogP contribution >= 0.6 is 43.5 Å². The van der Waals surface area contributed by atoms with Crippen molar-refractivity contribution in [3.05, 3.63) is 60.0 Å². The van der Waals surface area contributed by atoms with Gasteiger partial charge in [-0.1, -0.05) is 46.8 Å². The first kappa shape index (κ1) is 27.6. The van der Waals surface area contributed by atoms with E-state index in [2.05, 4.69) is 37.0 Å². The quantitative estimate of drug-likeness (QED) is 0.269. The van der Waals surface area contributed by atoms with E-state index in [-0.39, 0.29) is 28.0 Å². The summed E-state index contributed by atoms with van der Waals surface area (Å²) in [6.07, 6.45) is 5.61. The summed E-state index contributed by atoms with van der Waals surface area (Å²) < 4.78 is 13.8. The summed E-state index contributed by atoms with van der Waals surface area (Å²) in [4.78, 5) is 29.8. The normalized spacial score (nSPS) is 15.3. The molecule has 0 unspecified atom stereocenters. The number of hydrogen-bond donors (Lipinski definition) is 1. The first-order valence-electron chi connectivity index (χ1n) is 12.0. The molecule has 0 bridgehead atoms. The average Bonchev–Trinajstić information content (AvgIpc) is 2.89. The number of aliphatic carboxylic acids is 1. The van der Waals surface area contributed by atoms with Crippen molar-refractivity contribution in [3.63, 3.8) is 0 Å². The molecule has 2 aromatic carbocycles. The zero-order chi connectivity index (χ0) is 26.7. The number of hydrogen-bond acceptors (Lipinski definition) is 6. The molecule has 1 N–H and O–H groups in total. The highest BCUT2D eigenvalue weighted by Gasteiger charge is 2.24. The van der Waals surface area contributed by atoms with Crippen molar-refractivity contribution < 1.29 is 19.4 Å². The first-order valence-corrected chi connectivity index (χ1v) is 14.0. The molecule has 1 atom stereocenters. The first-order chi connectivity index (χ1) is 17.7. The van der Waals surface area contributed by atoms with Gasteiger partial charge in [-0.2, -0.15) is 9.78 Å². The van der Waals surface area contributed by atoms with Gasteiger partial charge in [-0.3, -0.25) is 4.79 Å². The van der Waals surface area contributed by atoms with Gasteiger partial charge in [-0.25, -0.2) is 9.78 Å². The fraction of sp³-hybridized carbons (Fsp3) is 0.385. The standard InChI is InChI=1S/C26H26Br2ClN3O5/c1-3-36-20-11-16(21(28)22(29)23(20)37-14(2)26(34)35)13-30-32-24(15-7-5-4-6-8-15)31-19-10-9-17(27)12-18(19)25(32)33/h9-15H,3-8H2,1-2H3,(H,34,35)/t14-/m0/s1. The van der Waals surface area contributed by atoms with Crippen molar-refractivity contribution in [1.29, 1.82) is 0 Å². The van der Waals surface area contributed by atoms with E-state index in [9.17, 15) is 14.7 Å². The zero-order valence-electron chi connectivity index (χ0n) is 20.3. The van der Waals surface area contributed by atoms with Crippen LogP contribution in [0.1, 0.15) is 63.3 Å². The lowest BCUT2D eigenvalue weighted by Gasteiger charge is -2.23. The Balaban J connectivity index is 1.83. The molecule has 196 valence electrons. The number of benzene rings is 2. The molecule has 0 aliphatic heterocycles. The van der Waals surface area contributed by atoms with Gasteiger partial charge in [0, 0.05) is 20.4 Å². The summed E-state index contributed by atoms with van der Waals surface area (Å²) in [5.74, 6) is 0.0138. The highest BCUT2D eigenvalue weighted by Crippen LogP contribution is 2.43. The number of carbonyl (C=O) groups is 1. The molecule has 1 fully saturated rings. The Morgan fingerprint density at radius 3 is 2.70 bits per heavy atom. The molecule has 1 aliphatic carbocycles. The summed E-state index contributed by atoms with van der Waals surface area (Å²) in [6.45, 7) is 3.51. The second-order valence-electron chi connectivity index (χ2n) is 8.78. The Morgan fingerprint density at radius 2 is 2.03 bits per heavy atom. The molecule has 11 heteroatoms. The van der Waals surface area contributed by atoms with Gasteiger partial charge in [0.25, 0.3) is 5.56 Å². The van der Waals surface area contributed by atoms with E-state index >= 15 is 0 Å². The van der Waals surface area contributed by atoms with Crippen LogP contribution in [-0.4, -0.2) is 39.7 Å². The van der Waals surface area contributed by atoms with Gasteiger partial charge in [0.05, 0.1) is 23.7 Å². The smallest absolute Gasteiger partial charge is 0.344 e. The minimum absolute atomic E-state index is 0.111. The summed E-state index contributed by atoms with van der Waals surface area (Å²) in [5, 5.41) is 14.4. The number of carboxylic acid groups (broad SMARTS) is 1. The van der Waals surface area contributed by atoms with Crippen LogP contribution in [0.3, 0.4) is 0 Å². The van der Waals surface area contributed by atoms with Crippen LogP contribution in [-0.2, 0) is 4.79 Å². The van der Waals surface area contributed by atoms with Gasteiger partial charge < -0.3 is 14.6 Å². The van der Waals surface area contributed by atoms with Crippen LogP contribution < -0.4 is 15.0 Å². The predicted molar refractivity (Wildman–Crippen MR) is 151 cm³/mol. The van der Waals surface area contributed by atoms with Crippen LogP contribution in [0.5, 0.6) is 11.5 Å². The number of carboxylic acids is 1. The van der Waals surface area contributed by atoms with E-state index in [0.29, 0.717) is 33.4 Å². The fourth-order valence-electron chi connectivity index (χ4n) is 4.32. The highest BCUT2D eigenvalue weighted by molar-refractivity contribution is 9.10. The topological polar surface area (TPSA) is 103 Å². The van der Waals surface area contributed by atoms with Crippen LogP contribution in [0.15, 0.2) is 43.1 Å². The van der Waals surface area contributed by atoms with E-state index in [1.807, 2.05) is 12.1 Å². The largest absolute Gasteiger partial charge is 0.490 e. The lowest BCUT2D eigenvalue weighted by atomic mass is 9.88. The van der Waals surface area contributed by atoms with E-state index in [0.717, 1.165) is 30.2 Å². The minimum atomic E-state index is -1.14. The van der Waals surface area contributed by atoms with Crippen molar-refractivity contribution in [1.82, 2.24) is 9.66 Å². The van der Waals surface area contributed by atoms with Gasteiger partial charge in [-0.15, -0.1) is 0 Å². The molecule has 0 amide bonds. The highest BCUT2D eigenvalue weighted by atomic mass is 79.9. The molecule has 3 aromatic rings. The van der Waals surface area contributed by atoms with Crippen molar-refractivity contribution >= 4 is 66.5 Å². The molecule has 1 saturated carbocycles. The van der Waals surface area contributed by atoms with Gasteiger partial charge in [-0.05, 0) is 66.9 Å². The Bertz CT molecular complexity index is 1420. The van der Waals surface area contributed by atoms with Gasteiger partial charge in [0.15, 0.2) is 17.6 Å². The van der Waals surface area contributed by atoms with Crippen molar-refractivity contribution in [3.8, 4) is 11.5 Å². The molecule has 0 radical (unpaired) electrons. The molecule has 0 spiro atoms. The lowest BCUT2D eigenvalue weighted by Crippen LogP contribution is -2.25. The maximum Gasteiger partial charge on any atom is 0.344 e. The fourth-order valence-corrected chi connectivity index (χ4v) is 5.33. The SMILES string of the molecule is CCOc1cc(C=Nn2c(C3CCCCC3)nc3ccc(Br)cc3c2=O)c(Br)c(Cl)c1O[C@@H](C)C(=O)O. The third-order valence-corrected chi connectivity index (χ3v) is 8.15. The molecular weight excluding hydrogens is 630 g/mol. The number of fused-ring (bicyclic) bond motifs is 1. The predicted octanol–water partition coefficient (Wildman–Crippen LogP) is 6.76. The number of aromatic nitrogens is 2. The minimum Gasteiger partial charge on any atom is -0.490 e. The van der Waals surface area contributed by atoms with Crippen molar-refractivity contribution in [2.75, 3.05) is 6.61 Å². The van der Waals surface area contributed by atoms with Crippen molar-refractivity contribution in [2.24, 2.45) is 5.10 Å². The summed E-state index contributed by atoms with van der Waals surface area (Å²) in [5.41, 5.74) is 0.905. The second-order valence-corrected chi connectivity index (χ2v) is 10.9. The molecule has 37 heavy (non-hydrogen) atoms. The lowest BCUT2D eigenvalue weighted by molar-refractivity contribution is -0.144. The van der Waals surface area contributed by atoms with E-state index in [1.54, 1.807) is 19.1 Å². The van der Waals surface area contributed by atoms with Crippen LogP contribution in [0.25, 0.3) is 10.9 Å². The molecule has 8 nitrogen and oxygen atoms in total. The van der Waals surface area contributed by atoms with E-state index in [1.165, 1.54) is 24.2 Å². The Morgan fingerprint density at radius 1 is 1.30 bits per heavy atom. The zero-order valence-corrected chi connectivity index (χ0v) is 24.3. The molecule has 1 aromatic heterocycles. The van der Waals surface area contributed by atoms with Gasteiger partial charge in [0.1, 0.15) is 10.8 Å². The molecule has 4 rings (SSSR count). The number of ether oxygens (including phenoxy) is 2. The maximum atomic E-state index is 13.6. The molecular formula is C26H26Br2ClN3O5. The van der Waals surface area contributed by atoms with Gasteiger partial charge in [0.2, 0.25) is 0 Å². The summed E-state index contributed by atoms with van der Waals surface area (Å²) in [6, 6.07) is 7.10. The molecule has 1 aliphatic rings. The third kappa shape index (κ3) is 6.02. The number of nitrogens with zero attached hydrogens (tertiary/aromatic N) is 3. The summed E-state index contributed by atoms with van der Waals surface area (Å²) in [7, 11) is 0. The Kier molecular flexibility index (Phi) is 8.92. The van der Waals surface area contributed by atoms with Gasteiger partial charge >= 0.3 is 5.97 Å². The van der Waals surface area contributed by atoms with Crippen LogP contribution in [0.4, 0.5) is 0 Å². The second kappa shape index (κ2) is 12.0. The molecule has 1 heterocycles.